The number of hydrogen-bond donors (Lipinski definition) is 1. The Morgan fingerprint density at radius 1 is 1.43 bits per heavy atom. The van der Waals surface area contributed by atoms with Gasteiger partial charge in [0.25, 0.3) is 10.1 Å². The zero-order valence-corrected chi connectivity index (χ0v) is 6.01. The van der Waals surface area contributed by atoms with E-state index >= 15 is 0 Å². The molecule has 1 N–H and O–H groups in total. The van der Waals surface area contributed by atoms with Gasteiger partial charge in [0.2, 0.25) is 0 Å². The molecule has 3 nitrogen and oxygen atoms in total. The van der Waals surface area contributed by atoms with Crippen LogP contribution in [0.2, 0.25) is 0 Å². The molecule has 0 aliphatic carbocycles. The zero-order valence-electron chi connectivity index (χ0n) is 3.34. The van der Waals surface area contributed by atoms with Gasteiger partial charge in [0.05, 0.1) is 6.26 Å². The third-order valence-corrected chi connectivity index (χ3v) is 0. The van der Waals surface area contributed by atoms with Crippen LogP contribution in [0, 0.1) is 37.3 Å². The minimum absolute atomic E-state index is 0. The molecule has 0 aromatic heterocycles. The second-order valence-corrected chi connectivity index (χ2v) is 2.20. The van der Waals surface area contributed by atoms with Crippen LogP contribution in [0.15, 0.2) is 0 Å². The van der Waals surface area contributed by atoms with Crippen molar-refractivity contribution in [3.63, 3.8) is 0 Å². The number of rotatable bonds is 0. The van der Waals surface area contributed by atoms with Crippen molar-refractivity contribution in [1.82, 2.24) is 0 Å². The van der Waals surface area contributed by atoms with Crippen LogP contribution in [0.1, 0.15) is 0 Å². The largest absolute Gasteiger partial charge is 0.286 e. The van der Waals surface area contributed by atoms with Crippen molar-refractivity contribution in [2.45, 2.75) is 0 Å². The van der Waals surface area contributed by atoms with Gasteiger partial charge in [-0.05, 0) is 0 Å². The fourth-order valence-corrected chi connectivity index (χ4v) is 0. The molecule has 0 aromatic carbocycles. The Morgan fingerprint density at radius 3 is 1.43 bits per heavy atom. The molecule has 0 saturated carbocycles. The maximum Gasteiger partial charge on any atom is 0.261 e. The van der Waals surface area contributed by atoms with E-state index in [0.29, 0.717) is 6.26 Å². The molecular weight excluding hydrogens is 278 g/mol. The van der Waals surface area contributed by atoms with E-state index < -0.39 is 10.1 Å². The van der Waals surface area contributed by atoms with E-state index in [1.54, 1.807) is 0 Å². The Hall–Kier alpha value is 1.09. The summed E-state index contributed by atoms with van der Waals surface area (Å²) in [4.78, 5) is 0. The van der Waals surface area contributed by atoms with E-state index in [-0.39, 0.29) is 42.0 Å². The minimum atomic E-state index is -3.67. The van der Waals surface area contributed by atoms with Crippen molar-refractivity contribution in [2.75, 3.05) is 6.26 Å². The van der Waals surface area contributed by atoms with Gasteiger partial charge in [0.1, 0.15) is 0 Å². The molecule has 0 aliphatic heterocycles. The summed E-state index contributed by atoms with van der Waals surface area (Å²) in [5.41, 5.74) is 0. The van der Waals surface area contributed by atoms with Gasteiger partial charge in [-0.3, -0.25) is 4.55 Å². The first-order valence-electron chi connectivity index (χ1n) is 0.924. The summed E-state index contributed by atoms with van der Waals surface area (Å²) in [5, 5.41) is 0. The summed E-state index contributed by atoms with van der Waals surface area (Å²) < 4.78 is 25.9. The molecule has 0 amide bonds. The molecule has 0 unspecified atom stereocenters. The van der Waals surface area contributed by atoms with E-state index in [1.165, 1.54) is 0 Å². The molecule has 51 valence electrons. The van der Waals surface area contributed by atoms with Crippen LogP contribution >= 0.6 is 0 Å². The average molecular weight is 282 g/mol. The molecule has 1 radical (unpaired) electrons. The summed E-state index contributed by atoms with van der Waals surface area (Å²) in [6, 6.07) is 0. The predicted molar refractivity (Wildman–Crippen MR) is 18.6 cm³/mol. The second-order valence-electron chi connectivity index (χ2n) is 0.733. The maximum atomic E-state index is 9.19. The van der Waals surface area contributed by atoms with Crippen LogP contribution in [0.3, 0.4) is 0 Å². The van der Waals surface area contributed by atoms with Gasteiger partial charge < -0.3 is 0 Å². The smallest absolute Gasteiger partial charge is 0.261 e. The molecule has 0 atom stereocenters. The van der Waals surface area contributed by atoms with Gasteiger partial charge in [-0.2, -0.15) is 8.42 Å². The first-order chi connectivity index (χ1) is 2.00. The van der Waals surface area contributed by atoms with E-state index in [0.717, 1.165) is 0 Å². The van der Waals surface area contributed by atoms with Crippen LogP contribution in [-0.4, -0.2) is 19.2 Å². The molecule has 0 aromatic rings. The summed E-state index contributed by atoms with van der Waals surface area (Å²) >= 11 is 0. The molecule has 0 spiro atoms. The van der Waals surface area contributed by atoms with Crippen molar-refractivity contribution in [1.29, 1.82) is 0 Å². The van der Waals surface area contributed by atoms with Crippen LogP contribution in [0.4, 0.5) is 4.70 Å². The third-order valence-electron chi connectivity index (χ3n) is 0. The van der Waals surface area contributed by atoms with E-state index in [9.17, 15) is 8.42 Å². The molecule has 0 saturated heterocycles. The normalized spacial score (nSPS) is 8.29. The SMILES string of the molecule is CS(=O)(=O)O.[Er].[F]. The summed E-state index contributed by atoms with van der Waals surface area (Å²) in [7, 11) is -3.67. The van der Waals surface area contributed by atoms with Crippen LogP contribution < -0.4 is 0 Å². The van der Waals surface area contributed by atoms with Gasteiger partial charge in [-0.25, -0.2) is 0 Å². The second kappa shape index (κ2) is 5.23. The predicted octanol–water partition coefficient (Wildman–Crippen LogP) is -0.0758. The zero-order chi connectivity index (χ0) is 4.50. The molecule has 0 heterocycles. The van der Waals surface area contributed by atoms with Gasteiger partial charge in [-0.1, -0.05) is 0 Å². The molecule has 0 rings (SSSR count). The van der Waals surface area contributed by atoms with Crippen LogP contribution in [0.25, 0.3) is 0 Å². The molecule has 7 heavy (non-hydrogen) atoms. The van der Waals surface area contributed by atoms with E-state index in [2.05, 4.69) is 0 Å². The van der Waals surface area contributed by atoms with E-state index in [4.69, 9.17) is 4.55 Å². The first kappa shape index (κ1) is 15.7. The first-order valence-corrected chi connectivity index (χ1v) is 2.77. The van der Waals surface area contributed by atoms with Crippen molar-refractivity contribution < 1.29 is 55.0 Å². The van der Waals surface area contributed by atoms with E-state index in [1.807, 2.05) is 0 Å². The molecule has 0 fully saturated rings. The van der Waals surface area contributed by atoms with Crippen LogP contribution in [0.5, 0.6) is 0 Å². The summed E-state index contributed by atoms with van der Waals surface area (Å²) in [6.07, 6.45) is 0.715. The third kappa shape index (κ3) is 155. The van der Waals surface area contributed by atoms with Crippen molar-refractivity contribution in [3.8, 4) is 0 Å². The average Bonchev–Trinajstić information content (AvgIpc) is 0.722. The Balaban J connectivity index is -0.0000000800. The molecule has 0 bridgehead atoms. The fourth-order valence-electron chi connectivity index (χ4n) is 0. The number of hydrogen-bond acceptors (Lipinski definition) is 2. The van der Waals surface area contributed by atoms with Crippen LogP contribution in [-0.2, 0) is 10.1 Å². The quantitative estimate of drug-likeness (QED) is 0.633. The maximum absolute atomic E-state index is 9.19. The van der Waals surface area contributed by atoms with Crippen molar-refractivity contribution in [2.24, 2.45) is 0 Å². The Morgan fingerprint density at radius 2 is 1.43 bits per heavy atom. The van der Waals surface area contributed by atoms with Crippen molar-refractivity contribution >= 4 is 10.1 Å². The summed E-state index contributed by atoms with van der Waals surface area (Å²) in [5.74, 6) is 0. The van der Waals surface area contributed by atoms with Gasteiger partial charge in [-0.15, -0.1) is 0 Å². The Bertz CT molecular complexity index is 98.1. The topological polar surface area (TPSA) is 54.4 Å². The fraction of sp³-hybridized carbons (Fsp3) is 1.00. The molecule has 6 heteroatoms. The Kier molecular flexibility index (Phi) is 11.7. The van der Waals surface area contributed by atoms with Gasteiger partial charge >= 0.3 is 0 Å². The molecule has 0 aliphatic rings. The standard InChI is InChI=1S/CH4O3S.Er.F/c1-5(2,3)4;;/h1H3,(H,2,3,4);;. The molecular formula is CH4ErFO3S. The van der Waals surface area contributed by atoms with Crippen molar-refractivity contribution in [3.05, 3.63) is 0 Å². The van der Waals surface area contributed by atoms with Gasteiger partial charge in [0.15, 0.2) is 0 Å². The number of halogens is 1. The summed E-state index contributed by atoms with van der Waals surface area (Å²) in [6.45, 7) is 0. The monoisotopic (exact) mass is 281 g/mol. The minimum Gasteiger partial charge on any atom is -0.286 e. The Labute approximate surface area is 70.8 Å². The van der Waals surface area contributed by atoms with Gasteiger partial charge in [0, 0.05) is 42.0 Å².